The van der Waals surface area contributed by atoms with Crippen LogP contribution >= 0.6 is 0 Å². The molecule has 1 fully saturated rings. The van der Waals surface area contributed by atoms with E-state index in [9.17, 15) is 19.2 Å². The van der Waals surface area contributed by atoms with Crippen molar-refractivity contribution in [1.82, 2.24) is 10.4 Å². The normalized spacial score (nSPS) is 13.6. The smallest absolute Gasteiger partial charge is 0.352 e. The molecule has 29 heavy (non-hydrogen) atoms. The van der Waals surface area contributed by atoms with E-state index in [2.05, 4.69) is 17.6 Å². The van der Waals surface area contributed by atoms with Gasteiger partial charge >= 0.3 is 6.09 Å². The number of carbonyl (C=O) groups excluding carboxylic acids is 4. The molecule has 0 atom stereocenters. The van der Waals surface area contributed by atoms with Crippen molar-refractivity contribution in [2.75, 3.05) is 11.9 Å². The third-order valence-electron chi connectivity index (χ3n) is 4.59. The molecule has 2 N–H and O–H groups in total. The van der Waals surface area contributed by atoms with E-state index >= 15 is 0 Å². The Labute approximate surface area is 168 Å². The Kier molecular flexibility index (Phi) is 6.43. The highest BCUT2D eigenvalue weighted by molar-refractivity contribution is 6.02. The number of nitrogens with zero attached hydrogens (tertiary/aromatic N) is 1. The van der Waals surface area contributed by atoms with Gasteiger partial charge in [-0.25, -0.2) is 4.79 Å². The second-order valence-electron chi connectivity index (χ2n) is 6.83. The number of hydrogen-bond donors (Lipinski definition) is 2. The molecule has 0 aliphatic carbocycles. The summed E-state index contributed by atoms with van der Waals surface area (Å²) < 4.78 is 0. The van der Waals surface area contributed by atoms with Crippen molar-refractivity contribution in [3.63, 3.8) is 0 Å². The maximum atomic E-state index is 12.2. The molecule has 0 radical (unpaired) electrons. The lowest BCUT2D eigenvalue weighted by Crippen LogP contribution is -2.33. The number of unbranched alkanes of at least 4 members (excludes halogenated alkanes) is 2. The average molecular weight is 397 g/mol. The number of hydroxylamine groups is 2. The van der Waals surface area contributed by atoms with Crippen LogP contribution in [0.5, 0.6) is 0 Å². The van der Waals surface area contributed by atoms with Crippen molar-refractivity contribution in [2.45, 2.75) is 39.0 Å². The van der Waals surface area contributed by atoms with E-state index in [0.29, 0.717) is 22.9 Å². The Morgan fingerprint density at radius 2 is 1.69 bits per heavy atom. The first kappa shape index (κ1) is 20.3. The average Bonchev–Trinajstić information content (AvgIpc) is 3.02. The fourth-order valence-electron chi connectivity index (χ4n) is 3.03. The molecule has 1 saturated heterocycles. The highest BCUT2D eigenvalue weighted by atomic mass is 16.7. The molecule has 8 nitrogen and oxygen atoms in total. The topological polar surface area (TPSA) is 105 Å². The number of rotatable bonds is 7. The van der Waals surface area contributed by atoms with Gasteiger partial charge in [0, 0.05) is 30.6 Å². The van der Waals surface area contributed by atoms with Crippen molar-refractivity contribution in [3.8, 4) is 0 Å². The second kappa shape index (κ2) is 9.18. The Hall–Kier alpha value is -3.42. The molecular formula is C21H23N3O5. The highest BCUT2D eigenvalue weighted by Gasteiger charge is 2.32. The number of amides is 4. The molecule has 0 unspecified atom stereocenters. The fourth-order valence-corrected chi connectivity index (χ4v) is 3.03. The van der Waals surface area contributed by atoms with E-state index in [-0.39, 0.29) is 18.7 Å². The number of imide groups is 1. The molecule has 1 heterocycles. The van der Waals surface area contributed by atoms with Crippen molar-refractivity contribution < 1.29 is 24.0 Å². The number of benzene rings is 2. The van der Waals surface area contributed by atoms with Crippen LogP contribution in [0.3, 0.4) is 0 Å². The Balaban J connectivity index is 1.63. The summed E-state index contributed by atoms with van der Waals surface area (Å²) in [6.45, 7) is 2.76. The van der Waals surface area contributed by atoms with Gasteiger partial charge in [0.15, 0.2) is 0 Å². The molecular weight excluding hydrogens is 374 g/mol. The van der Waals surface area contributed by atoms with Gasteiger partial charge in [0.2, 0.25) is 0 Å². The van der Waals surface area contributed by atoms with Crippen LogP contribution in [0.4, 0.5) is 10.5 Å². The molecule has 1 aliphatic rings. The Bertz CT molecular complexity index is 940. The maximum Gasteiger partial charge on any atom is 0.436 e. The molecule has 0 aromatic heterocycles. The molecule has 0 saturated carbocycles. The number of hydrogen-bond acceptors (Lipinski definition) is 5. The fraction of sp³-hybridized carbons (Fsp3) is 0.333. The molecule has 8 heteroatoms. The van der Waals surface area contributed by atoms with Crippen LogP contribution in [0, 0.1) is 0 Å². The van der Waals surface area contributed by atoms with Gasteiger partial charge in [-0.2, -0.15) is 0 Å². The molecule has 3 rings (SSSR count). The monoisotopic (exact) mass is 397 g/mol. The lowest BCUT2D eigenvalue weighted by molar-refractivity contribution is -0.170. The quantitative estimate of drug-likeness (QED) is 0.550. The Morgan fingerprint density at radius 3 is 2.41 bits per heavy atom. The summed E-state index contributed by atoms with van der Waals surface area (Å²) in [5, 5.41) is 7.55. The third kappa shape index (κ3) is 5.10. The zero-order valence-corrected chi connectivity index (χ0v) is 16.2. The first-order valence-electron chi connectivity index (χ1n) is 9.64. The van der Waals surface area contributed by atoms with Crippen LogP contribution in [-0.2, 0) is 14.4 Å². The predicted octanol–water partition coefficient (Wildman–Crippen LogP) is 3.37. The Morgan fingerprint density at radius 1 is 1.00 bits per heavy atom. The minimum absolute atomic E-state index is 0.0383. The van der Waals surface area contributed by atoms with E-state index in [0.717, 1.165) is 30.0 Å². The van der Waals surface area contributed by atoms with Crippen LogP contribution in [0.15, 0.2) is 36.4 Å². The minimum Gasteiger partial charge on any atom is -0.352 e. The second-order valence-corrected chi connectivity index (χ2v) is 6.83. The zero-order valence-electron chi connectivity index (χ0n) is 16.2. The number of anilines is 1. The van der Waals surface area contributed by atoms with Crippen LogP contribution < -0.4 is 10.6 Å². The summed E-state index contributed by atoms with van der Waals surface area (Å²) in [7, 11) is 0. The van der Waals surface area contributed by atoms with Gasteiger partial charge < -0.3 is 10.2 Å². The first-order chi connectivity index (χ1) is 14.0. The number of fused-ring (bicyclic) bond motifs is 1. The number of nitrogens with one attached hydrogen (secondary N) is 2. The van der Waals surface area contributed by atoms with Gasteiger partial charge in [-0.3, -0.25) is 19.7 Å². The standard InChI is InChI=1S/C21H23N3O5/c1-2-3-4-11-22-20(27)16-6-5-15-13-17(8-7-14(15)12-16)23-21(28)29-24-18(25)9-10-19(24)26/h5-8,12-13H,2-4,9-11H2,1H3,(H,22,27)(H,23,28). The molecule has 152 valence electrons. The van der Waals surface area contributed by atoms with Gasteiger partial charge in [-0.05, 0) is 41.5 Å². The van der Waals surface area contributed by atoms with Crippen LogP contribution in [0.25, 0.3) is 10.8 Å². The van der Waals surface area contributed by atoms with Crippen LogP contribution in [0.1, 0.15) is 49.4 Å². The van der Waals surface area contributed by atoms with Crippen molar-refractivity contribution >= 4 is 40.3 Å². The minimum atomic E-state index is -0.920. The van der Waals surface area contributed by atoms with E-state index in [1.54, 1.807) is 36.4 Å². The molecule has 0 spiro atoms. The highest BCUT2D eigenvalue weighted by Crippen LogP contribution is 2.21. The third-order valence-corrected chi connectivity index (χ3v) is 4.59. The molecule has 4 amide bonds. The molecule has 2 aromatic carbocycles. The summed E-state index contributed by atoms with van der Waals surface area (Å²) >= 11 is 0. The van der Waals surface area contributed by atoms with Gasteiger partial charge in [0.1, 0.15) is 0 Å². The lowest BCUT2D eigenvalue weighted by Gasteiger charge is -2.13. The molecule has 0 bridgehead atoms. The molecule has 1 aliphatic heterocycles. The van der Waals surface area contributed by atoms with Crippen molar-refractivity contribution in [1.29, 1.82) is 0 Å². The largest absolute Gasteiger partial charge is 0.436 e. The maximum absolute atomic E-state index is 12.2. The van der Waals surface area contributed by atoms with Gasteiger partial charge in [-0.15, -0.1) is 5.06 Å². The number of carbonyl (C=O) groups is 4. The van der Waals surface area contributed by atoms with E-state index in [1.807, 2.05) is 0 Å². The first-order valence-corrected chi connectivity index (χ1v) is 9.64. The van der Waals surface area contributed by atoms with E-state index in [4.69, 9.17) is 4.84 Å². The summed E-state index contributed by atoms with van der Waals surface area (Å²) in [6, 6.07) is 10.4. The van der Waals surface area contributed by atoms with Crippen molar-refractivity contribution in [2.24, 2.45) is 0 Å². The SMILES string of the molecule is CCCCCNC(=O)c1ccc2cc(NC(=O)ON3C(=O)CCC3=O)ccc2c1. The van der Waals surface area contributed by atoms with Crippen LogP contribution in [0.2, 0.25) is 0 Å². The van der Waals surface area contributed by atoms with Crippen molar-refractivity contribution in [3.05, 3.63) is 42.0 Å². The summed E-state index contributed by atoms with van der Waals surface area (Å²) in [4.78, 5) is 52.0. The van der Waals surface area contributed by atoms with Crippen LogP contribution in [-0.4, -0.2) is 35.4 Å². The van der Waals surface area contributed by atoms with Gasteiger partial charge in [-0.1, -0.05) is 31.9 Å². The van der Waals surface area contributed by atoms with Gasteiger partial charge in [0.05, 0.1) is 0 Å². The molecule has 2 aromatic rings. The van der Waals surface area contributed by atoms with Gasteiger partial charge in [0.25, 0.3) is 17.7 Å². The summed E-state index contributed by atoms with van der Waals surface area (Å²) in [5.74, 6) is -1.19. The lowest BCUT2D eigenvalue weighted by atomic mass is 10.1. The summed E-state index contributed by atoms with van der Waals surface area (Å²) in [6.07, 6.45) is 2.29. The van der Waals surface area contributed by atoms with E-state index in [1.165, 1.54) is 0 Å². The summed E-state index contributed by atoms with van der Waals surface area (Å²) in [5.41, 5.74) is 1.01. The zero-order chi connectivity index (χ0) is 20.8. The van der Waals surface area contributed by atoms with E-state index < -0.39 is 17.9 Å². The predicted molar refractivity (Wildman–Crippen MR) is 107 cm³/mol.